The molecule has 2 rings (SSSR count). The summed E-state index contributed by atoms with van der Waals surface area (Å²) < 4.78 is 0. The van der Waals surface area contributed by atoms with Gasteiger partial charge in [-0.3, -0.25) is 0 Å². The number of nitrogens with two attached hydrogens (primary N) is 1. The van der Waals surface area contributed by atoms with Crippen molar-refractivity contribution in [2.75, 3.05) is 0 Å². The number of rotatable bonds is 4. The van der Waals surface area contributed by atoms with Crippen molar-refractivity contribution in [3.63, 3.8) is 0 Å². The Morgan fingerprint density at radius 3 is 2.20 bits per heavy atom. The summed E-state index contributed by atoms with van der Waals surface area (Å²) in [5.74, 6) is 2.91. The lowest BCUT2D eigenvalue weighted by Crippen LogP contribution is -2.24. The Labute approximate surface area is 94.8 Å². The molecular weight excluding hydrogens is 182 g/mol. The highest BCUT2D eigenvalue weighted by Crippen LogP contribution is 2.41. The van der Waals surface area contributed by atoms with E-state index < -0.39 is 0 Å². The van der Waals surface area contributed by atoms with Crippen molar-refractivity contribution >= 4 is 0 Å². The second-order valence-corrected chi connectivity index (χ2v) is 6.43. The van der Waals surface area contributed by atoms with Crippen LogP contribution in [-0.4, -0.2) is 5.54 Å². The predicted molar refractivity (Wildman–Crippen MR) is 65.7 cm³/mol. The molecule has 0 bridgehead atoms. The van der Waals surface area contributed by atoms with E-state index in [9.17, 15) is 0 Å². The van der Waals surface area contributed by atoms with Gasteiger partial charge in [-0.05, 0) is 56.3 Å². The minimum atomic E-state index is 0.287. The third kappa shape index (κ3) is 3.21. The zero-order valence-electron chi connectivity index (χ0n) is 10.5. The molecule has 15 heavy (non-hydrogen) atoms. The van der Waals surface area contributed by atoms with Crippen LogP contribution in [-0.2, 0) is 0 Å². The third-order valence-electron chi connectivity index (χ3n) is 4.78. The highest BCUT2D eigenvalue weighted by Gasteiger charge is 2.38. The Kier molecular flexibility index (Phi) is 3.39. The van der Waals surface area contributed by atoms with Gasteiger partial charge in [-0.25, -0.2) is 0 Å². The second kappa shape index (κ2) is 4.45. The summed E-state index contributed by atoms with van der Waals surface area (Å²) >= 11 is 0. The summed E-state index contributed by atoms with van der Waals surface area (Å²) in [4.78, 5) is 0. The van der Waals surface area contributed by atoms with Gasteiger partial charge in [0.15, 0.2) is 0 Å². The molecule has 0 aromatic heterocycles. The van der Waals surface area contributed by atoms with Crippen LogP contribution in [0.5, 0.6) is 0 Å². The Hall–Kier alpha value is -0.0400. The van der Waals surface area contributed by atoms with Crippen molar-refractivity contribution in [1.29, 1.82) is 0 Å². The van der Waals surface area contributed by atoms with Crippen molar-refractivity contribution < 1.29 is 0 Å². The maximum atomic E-state index is 6.14. The first kappa shape index (κ1) is 11.4. The normalized spacial score (nSPS) is 34.4. The van der Waals surface area contributed by atoms with Gasteiger partial charge < -0.3 is 5.73 Å². The van der Waals surface area contributed by atoms with E-state index in [2.05, 4.69) is 13.8 Å². The second-order valence-electron chi connectivity index (χ2n) is 6.43. The fourth-order valence-corrected chi connectivity index (χ4v) is 3.05. The van der Waals surface area contributed by atoms with E-state index in [1.54, 1.807) is 0 Å². The maximum absolute atomic E-state index is 6.14. The lowest BCUT2D eigenvalue weighted by Gasteiger charge is -2.31. The van der Waals surface area contributed by atoms with Gasteiger partial charge in [0.1, 0.15) is 0 Å². The van der Waals surface area contributed by atoms with Crippen molar-refractivity contribution in [3.8, 4) is 0 Å². The van der Waals surface area contributed by atoms with Crippen LogP contribution in [0.1, 0.15) is 65.2 Å². The quantitative estimate of drug-likeness (QED) is 0.750. The maximum Gasteiger partial charge on any atom is 0.0155 e. The lowest BCUT2D eigenvalue weighted by molar-refractivity contribution is 0.211. The molecule has 1 heteroatoms. The first-order valence-corrected chi connectivity index (χ1v) is 6.88. The van der Waals surface area contributed by atoms with E-state index in [0.29, 0.717) is 0 Å². The van der Waals surface area contributed by atoms with Crippen molar-refractivity contribution in [2.24, 2.45) is 23.5 Å². The SMILES string of the molecule is CC(C)C1CCC(CCC2(N)CC2)CC1. The van der Waals surface area contributed by atoms with Crippen molar-refractivity contribution in [2.45, 2.75) is 70.8 Å². The van der Waals surface area contributed by atoms with E-state index >= 15 is 0 Å². The van der Waals surface area contributed by atoms with Gasteiger partial charge in [-0.2, -0.15) is 0 Å². The van der Waals surface area contributed by atoms with Crippen LogP contribution < -0.4 is 5.73 Å². The van der Waals surface area contributed by atoms with Crippen LogP contribution in [0, 0.1) is 17.8 Å². The molecule has 2 saturated carbocycles. The van der Waals surface area contributed by atoms with Crippen LogP contribution in [0.3, 0.4) is 0 Å². The molecule has 2 aliphatic rings. The number of hydrogen-bond donors (Lipinski definition) is 1. The Morgan fingerprint density at radius 1 is 1.13 bits per heavy atom. The summed E-state index contributed by atoms with van der Waals surface area (Å²) in [6.45, 7) is 4.76. The standard InChI is InChI=1S/C14H27N/c1-11(2)13-5-3-12(4-6-13)7-8-14(15)9-10-14/h11-13H,3-10,15H2,1-2H3. The molecule has 2 N–H and O–H groups in total. The van der Waals surface area contributed by atoms with Crippen molar-refractivity contribution in [3.05, 3.63) is 0 Å². The van der Waals surface area contributed by atoms with Crippen LogP contribution >= 0.6 is 0 Å². The summed E-state index contributed by atoms with van der Waals surface area (Å²) in [5, 5.41) is 0. The van der Waals surface area contributed by atoms with E-state index in [4.69, 9.17) is 5.73 Å². The molecule has 2 fully saturated rings. The van der Waals surface area contributed by atoms with Crippen LogP contribution in [0.25, 0.3) is 0 Å². The summed E-state index contributed by atoms with van der Waals surface area (Å²) in [7, 11) is 0. The first-order chi connectivity index (χ1) is 7.09. The minimum Gasteiger partial charge on any atom is -0.325 e. The molecule has 0 aromatic rings. The lowest BCUT2D eigenvalue weighted by atomic mass is 9.75. The van der Waals surface area contributed by atoms with E-state index in [1.165, 1.54) is 51.4 Å². The van der Waals surface area contributed by atoms with Crippen LogP contribution in [0.4, 0.5) is 0 Å². The topological polar surface area (TPSA) is 26.0 Å². The predicted octanol–water partition coefficient (Wildman–Crippen LogP) is 3.72. The van der Waals surface area contributed by atoms with E-state index in [0.717, 1.165) is 17.8 Å². The molecule has 0 radical (unpaired) electrons. The number of hydrogen-bond acceptors (Lipinski definition) is 1. The Bertz CT molecular complexity index is 197. The molecule has 0 heterocycles. The highest BCUT2D eigenvalue weighted by atomic mass is 14.8. The van der Waals surface area contributed by atoms with Crippen LogP contribution in [0.15, 0.2) is 0 Å². The largest absolute Gasteiger partial charge is 0.325 e. The van der Waals surface area contributed by atoms with Crippen molar-refractivity contribution in [1.82, 2.24) is 0 Å². The fraction of sp³-hybridized carbons (Fsp3) is 1.00. The van der Waals surface area contributed by atoms with Gasteiger partial charge in [0.25, 0.3) is 0 Å². The average molecular weight is 209 g/mol. The molecule has 0 saturated heterocycles. The van der Waals surface area contributed by atoms with E-state index in [1.807, 2.05) is 0 Å². The molecule has 0 spiro atoms. The molecule has 0 atom stereocenters. The van der Waals surface area contributed by atoms with Gasteiger partial charge in [0.2, 0.25) is 0 Å². The smallest absolute Gasteiger partial charge is 0.0155 e. The van der Waals surface area contributed by atoms with Gasteiger partial charge >= 0.3 is 0 Å². The molecule has 0 aliphatic heterocycles. The Balaban J connectivity index is 1.65. The van der Waals surface area contributed by atoms with Gasteiger partial charge in [-0.15, -0.1) is 0 Å². The molecule has 0 unspecified atom stereocenters. The van der Waals surface area contributed by atoms with Crippen LogP contribution in [0.2, 0.25) is 0 Å². The summed E-state index contributed by atoms with van der Waals surface area (Å²) in [5.41, 5.74) is 6.43. The molecule has 0 aromatic carbocycles. The highest BCUT2D eigenvalue weighted by molar-refractivity contribution is 4.98. The summed E-state index contributed by atoms with van der Waals surface area (Å²) in [6.07, 6.45) is 11.2. The van der Waals surface area contributed by atoms with E-state index in [-0.39, 0.29) is 5.54 Å². The fourth-order valence-electron chi connectivity index (χ4n) is 3.05. The molecular formula is C14H27N. The average Bonchev–Trinajstić information content (AvgIpc) is 2.95. The van der Waals surface area contributed by atoms with Gasteiger partial charge in [0, 0.05) is 5.54 Å². The molecule has 2 aliphatic carbocycles. The zero-order valence-corrected chi connectivity index (χ0v) is 10.5. The summed E-state index contributed by atoms with van der Waals surface area (Å²) in [6, 6.07) is 0. The molecule has 1 nitrogen and oxygen atoms in total. The molecule has 88 valence electrons. The molecule has 0 amide bonds. The van der Waals surface area contributed by atoms with Gasteiger partial charge in [0.05, 0.1) is 0 Å². The third-order valence-corrected chi connectivity index (χ3v) is 4.78. The monoisotopic (exact) mass is 209 g/mol. The first-order valence-electron chi connectivity index (χ1n) is 6.88. The zero-order chi connectivity index (χ0) is 10.9. The minimum absolute atomic E-state index is 0.287. The Morgan fingerprint density at radius 2 is 1.73 bits per heavy atom. The van der Waals surface area contributed by atoms with Gasteiger partial charge in [-0.1, -0.05) is 26.7 Å².